The van der Waals surface area contributed by atoms with E-state index in [9.17, 15) is 0 Å². The molecule has 1 aromatic carbocycles. The van der Waals surface area contributed by atoms with Crippen molar-refractivity contribution < 1.29 is 13.6 Å². The molecule has 5 heteroatoms. The molecule has 0 saturated heterocycles. The van der Waals surface area contributed by atoms with Crippen LogP contribution in [0.25, 0.3) is 0 Å². The van der Waals surface area contributed by atoms with E-state index in [4.69, 9.17) is 13.6 Å². The van der Waals surface area contributed by atoms with Gasteiger partial charge in [-0.1, -0.05) is 52.5 Å². The number of fused-ring (bicyclic) bond motifs is 3. The average molecular weight is 531 g/mol. The van der Waals surface area contributed by atoms with Crippen molar-refractivity contribution in [1.29, 1.82) is 0 Å². The maximum Gasteiger partial charge on any atom is 0.242 e. The van der Waals surface area contributed by atoms with E-state index in [2.05, 4.69) is 92.1 Å². The first-order chi connectivity index (χ1) is 16.5. The topological polar surface area (TPSA) is 27.7 Å². The molecule has 2 unspecified atom stereocenters. The Hall–Kier alpha value is -1.05. The highest BCUT2D eigenvalue weighted by Gasteiger charge is 2.47. The fraction of sp³-hybridized carbons (Fsp3) is 0.742. The minimum atomic E-state index is -1.81. The fourth-order valence-electron chi connectivity index (χ4n) is 5.82. The van der Waals surface area contributed by atoms with Gasteiger partial charge in [0.1, 0.15) is 17.1 Å². The smallest absolute Gasteiger partial charge is 0.242 e. The number of rotatable bonds is 11. The van der Waals surface area contributed by atoms with Gasteiger partial charge in [-0.25, -0.2) is 0 Å². The van der Waals surface area contributed by atoms with Crippen LogP contribution in [0.1, 0.15) is 96.6 Å². The minimum absolute atomic E-state index is 0.0908. The third-order valence-electron chi connectivity index (χ3n) is 7.91. The fourth-order valence-corrected chi connectivity index (χ4v) is 7.26. The molecular formula is C31H54O3Si2. The molecule has 0 aromatic heterocycles. The van der Waals surface area contributed by atoms with E-state index in [1.807, 2.05) is 0 Å². The van der Waals surface area contributed by atoms with Crippen molar-refractivity contribution in [1.82, 2.24) is 0 Å². The second-order valence-corrected chi connectivity index (χ2v) is 23.4. The molecule has 2 aliphatic rings. The molecule has 1 aliphatic carbocycles. The van der Waals surface area contributed by atoms with Gasteiger partial charge < -0.3 is 13.6 Å². The highest BCUT2D eigenvalue weighted by atomic mass is 28.4. The Morgan fingerprint density at radius 3 is 2.31 bits per heavy atom. The molecule has 0 spiro atoms. The van der Waals surface area contributed by atoms with E-state index in [1.165, 1.54) is 48.8 Å². The van der Waals surface area contributed by atoms with E-state index >= 15 is 0 Å². The SMILES string of the molecule is CCCCCCC(C)(C)c1cc2c(c(O[Si](C)(C)C)c1)C1CC(CO[Si](C)(C)C)=CCC1C(C)(C)O2. The van der Waals surface area contributed by atoms with Crippen molar-refractivity contribution in [3.63, 3.8) is 0 Å². The zero-order valence-electron chi connectivity index (χ0n) is 25.3. The summed E-state index contributed by atoms with van der Waals surface area (Å²) in [6.07, 6.45) is 10.9. The average Bonchev–Trinajstić information content (AvgIpc) is 2.72. The molecule has 0 saturated carbocycles. The summed E-state index contributed by atoms with van der Waals surface area (Å²) in [7, 11) is -3.37. The number of hydrogen-bond donors (Lipinski definition) is 0. The zero-order chi connectivity index (χ0) is 26.9. The van der Waals surface area contributed by atoms with Crippen molar-refractivity contribution >= 4 is 16.6 Å². The summed E-state index contributed by atoms with van der Waals surface area (Å²) in [6, 6.07) is 4.74. The molecule has 1 aromatic rings. The van der Waals surface area contributed by atoms with Gasteiger partial charge in [0.15, 0.2) is 8.32 Å². The van der Waals surface area contributed by atoms with Crippen LogP contribution in [-0.4, -0.2) is 28.8 Å². The van der Waals surface area contributed by atoms with Gasteiger partial charge in [-0.2, -0.15) is 0 Å². The number of unbranched alkanes of at least 4 members (excludes halogenated alkanes) is 3. The van der Waals surface area contributed by atoms with E-state index in [-0.39, 0.29) is 11.0 Å². The minimum Gasteiger partial charge on any atom is -0.544 e. The molecule has 2 atom stereocenters. The molecule has 0 amide bonds. The van der Waals surface area contributed by atoms with Crippen LogP contribution < -0.4 is 9.16 Å². The van der Waals surface area contributed by atoms with Crippen molar-refractivity contribution in [2.75, 3.05) is 6.61 Å². The standard InChI is InChI=1S/C31H54O3Si2/c1-12-13-14-15-18-30(2,3)24-20-27-29(28(21-24)34-36(9,10)11)25-19-23(22-32-35(6,7)8)16-17-26(25)31(4,5)33-27/h16,20-21,25-26H,12-15,17-19,22H2,1-11H3. The Balaban J connectivity index is 2.02. The molecule has 3 rings (SSSR count). The van der Waals surface area contributed by atoms with Crippen LogP contribution in [-0.2, 0) is 9.84 Å². The first kappa shape index (κ1) is 29.5. The van der Waals surface area contributed by atoms with E-state index in [1.54, 1.807) is 0 Å². The van der Waals surface area contributed by atoms with Crippen molar-refractivity contribution in [2.45, 2.75) is 136 Å². The van der Waals surface area contributed by atoms with Crippen LogP contribution in [0, 0.1) is 5.92 Å². The van der Waals surface area contributed by atoms with E-state index < -0.39 is 16.6 Å². The maximum atomic E-state index is 6.86. The summed E-state index contributed by atoms with van der Waals surface area (Å²) >= 11 is 0. The number of hydrogen-bond acceptors (Lipinski definition) is 3. The van der Waals surface area contributed by atoms with Crippen molar-refractivity contribution in [2.24, 2.45) is 5.92 Å². The lowest BCUT2D eigenvalue weighted by molar-refractivity contribution is 0.00701. The molecule has 0 fully saturated rings. The molecule has 0 radical (unpaired) electrons. The number of allylic oxidation sites excluding steroid dienone is 1. The van der Waals surface area contributed by atoms with Crippen LogP contribution in [0.15, 0.2) is 23.8 Å². The highest BCUT2D eigenvalue weighted by molar-refractivity contribution is 6.70. The summed E-state index contributed by atoms with van der Waals surface area (Å²) in [5.74, 6) is 2.99. The van der Waals surface area contributed by atoms with E-state index in [0.717, 1.165) is 30.9 Å². The monoisotopic (exact) mass is 530 g/mol. The van der Waals surface area contributed by atoms with Crippen molar-refractivity contribution in [3.8, 4) is 11.5 Å². The molecule has 0 N–H and O–H groups in total. The lowest BCUT2D eigenvalue weighted by Crippen LogP contribution is -2.46. The van der Waals surface area contributed by atoms with Gasteiger partial charge in [-0.15, -0.1) is 0 Å². The second kappa shape index (κ2) is 11.0. The Morgan fingerprint density at radius 1 is 1.00 bits per heavy atom. The summed E-state index contributed by atoms with van der Waals surface area (Å²) in [6.45, 7) is 26.1. The lowest BCUT2D eigenvalue weighted by Gasteiger charge is -2.48. The Labute approximate surface area is 224 Å². The second-order valence-electron chi connectivity index (χ2n) is 14.4. The Kier molecular flexibility index (Phi) is 9.00. The van der Waals surface area contributed by atoms with Gasteiger partial charge in [0.25, 0.3) is 0 Å². The summed E-state index contributed by atoms with van der Waals surface area (Å²) in [4.78, 5) is 0. The molecule has 3 nitrogen and oxygen atoms in total. The van der Waals surface area contributed by atoms with Gasteiger partial charge in [-0.05, 0) is 101 Å². The summed E-state index contributed by atoms with van der Waals surface area (Å²) in [5.41, 5.74) is 3.99. The molecule has 0 bridgehead atoms. The van der Waals surface area contributed by atoms with Crippen LogP contribution in [0.2, 0.25) is 39.3 Å². The normalized spacial score (nSPS) is 21.8. The van der Waals surface area contributed by atoms with Crippen LogP contribution >= 0.6 is 0 Å². The number of benzene rings is 1. The maximum absolute atomic E-state index is 6.86. The molecule has 1 heterocycles. The first-order valence-electron chi connectivity index (χ1n) is 14.4. The molecular weight excluding hydrogens is 477 g/mol. The third-order valence-corrected chi connectivity index (χ3v) is 9.76. The van der Waals surface area contributed by atoms with Gasteiger partial charge in [-0.3, -0.25) is 0 Å². The quantitative estimate of drug-likeness (QED) is 0.162. The highest BCUT2D eigenvalue weighted by Crippen LogP contribution is 2.55. The van der Waals surface area contributed by atoms with Crippen LogP contribution in [0.3, 0.4) is 0 Å². The zero-order valence-corrected chi connectivity index (χ0v) is 27.3. The Bertz CT molecular complexity index is 934. The predicted molar refractivity (Wildman–Crippen MR) is 160 cm³/mol. The molecule has 204 valence electrons. The van der Waals surface area contributed by atoms with Gasteiger partial charge in [0.2, 0.25) is 8.32 Å². The van der Waals surface area contributed by atoms with Gasteiger partial charge in [0, 0.05) is 17.4 Å². The first-order valence-corrected chi connectivity index (χ1v) is 21.2. The number of ether oxygens (including phenoxy) is 1. The predicted octanol–water partition coefficient (Wildman–Crippen LogP) is 9.59. The largest absolute Gasteiger partial charge is 0.544 e. The Morgan fingerprint density at radius 2 is 1.69 bits per heavy atom. The van der Waals surface area contributed by atoms with Crippen molar-refractivity contribution in [3.05, 3.63) is 34.9 Å². The third kappa shape index (κ3) is 7.51. The molecule has 1 aliphatic heterocycles. The van der Waals surface area contributed by atoms with Gasteiger partial charge in [0.05, 0.1) is 6.61 Å². The summed E-state index contributed by atoms with van der Waals surface area (Å²) in [5, 5.41) is 0. The summed E-state index contributed by atoms with van der Waals surface area (Å²) < 4.78 is 20.0. The van der Waals surface area contributed by atoms with Crippen LogP contribution in [0.5, 0.6) is 11.5 Å². The van der Waals surface area contributed by atoms with Gasteiger partial charge >= 0.3 is 0 Å². The lowest BCUT2D eigenvalue weighted by atomic mass is 9.66. The van der Waals surface area contributed by atoms with Crippen LogP contribution in [0.4, 0.5) is 0 Å². The van der Waals surface area contributed by atoms with E-state index in [0.29, 0.717) is 11.8 Å². The molecule has 36 heavy (non-hydrogen) atoms.